The van der Waals surface area contributed by atoms with Crippen LogP contribution in [0.3, 0.4) is 0 Å². The zero-order valence-corrected chi connectivity index (χ0v) is 16.1. The summed E-state index contributed by atoms with van der Waals surface area (Å²) in [5.41, 5.74) is 0. The number of nitrogens with zero attached hydrogens (tertiary/aromatic N) is 2. The molecule has 2 rings (SSSR count). The molecule has 24 heavy (non-hydrogen) atoms. The summed E-state index contributed by atoms with van der Waals surface area (Å²) in [6.45, 7) is 10.2. The van der Waals surface area contributed by atoms with E-state index in [2.05, 4.69) is 51.9 Å². The summed E-state index contributed by atoms with van der Waals surface area (Å²) in [6.07, 6.45) is 2.23. The fourth-order valence-electron chi connectivity index (χ4n) is 3.04. The Labute approximate surface area is 150 Å². The summed E-state index contributed by atoms with van der Waals surface area (Å²) in [4.78, 5) is 8.32. The number of nitrogens with one attached hydrogen (secondary N) is 2. The normalized spacial score (nSPS) is 17.9. The van der Waals surface area contributed by atoms with Crippen molar-refractivity contribution in [2.45, 2.75) is 32.7 Å². The molecule has 5 nitrogen and oxygen atoms in total. The highest BCUT2D eigenvalue weighted by atomic mass is 32.1. The third-order valence-corrected chi connectivity index (χ3v) is 5.21. The van der Waals surface area contributed by atoms with Crippen molar-refractivity contribution in [1.82, 2.24) is 15.5 Å². The van der Waals surface area contributed by atoms with Gasteiger partial charge in [0.1, 0.15) is 0 Å². The number of hydrogen-bond donors (Lipinski definition) is 2. The first-order chi connectivity index (χ1) is 11.7. The number of aliphatic imine (C=N–C) groups is 1. The molecule has 1 aromatic rings. The van der Waals surface area contributed by atoms with E-state index < -0.39 is 0 Å². The maximum Gasteiger partial charge on any atom is 0.191 e. The van der Waals surface area contributed by atoms with E-state index in [4.69, 9.17) is 4.74 Å². The molecule has 1 aliphatic rings. The van der Waals surface area contributed by atoms with Crippen LogP contribution in [0, 0.1) is 5.92 Å². The summed E-state index contributed by atoms with van der Waals surface area (Å²) in [5.74, 6) is 1.59. The average molecular weight is 353 g/mol. The van der Waals surface area contributed by atoms with Gasteiger partial charge in [-0.15, -0.1) is 11.3 Å². The Kier molecular flexibility index (Phi) is 8.56. The lowest BCUT2D eigenvalue weighted by Crippen LogP contribution is -2.51. The minimum atomic E-state index is 0.532. The predicted octanol–water partition coefficient (Wildman–Crippen LogP) is 2.20. The summed E-state index contributed by atoms with van der Waals surface area (Å²) < 4.78 is 5.49. The standard InChI is InChI=1S/C18H32N4OS/c1-15(2)13-16(22-8-10-23-11-9-22)14-21-18(19-3)20-7-6-17-5-4-12-24-17/h4-5,12,15-16H,6-11,13-14H2,1-3H3,(H2,19,20,21). The minimum absolute atomic E-state index is 0.532. The lowest BCUT2D eigenvalue weighted by atomic mass is 10.0. The molecule has 136 valence electrons. The van der Waals surface area contributed by atoms with E-state index in [0.29, 0.717) is 12.0 Å². The highest BCUT2D eigenvalue weighted by Gasteiger charge is 2.22. The average Bonchev–Trinajstić information content (AvgIpc) is 3.10. The summed E-state index contributed by atoms with van der Waals surface area (Å²) >= 11 is 1.81. The quantitative estimate of drug-likeness (QED) is 0.556. The first-order valence-corrected chi connectivity index (χ1v) is 9.85. The molecule has 1 aromatic heterocycles. The molecule has 2 heterocycles. The third kappa shape index (κ3) is 6.79. The van der Waals surface area contributed by atoms with Crippen LogP contribution < -0.4 is 10.6 Å². The summed E-state index contributed by atoms with van der Waals surface area (Å²) in [6, 6.07) is 4.82. The lowest BCUT2D eigenvalue weighted by Gasteiger charge is -2.35. The first kappa shape index (κ1) is 19.2. The second-order valence-corrected chi connectivity index (χ2v) is 7.67. The van der Waals surface area contributed by atoms with Crippen molar-refractivity contribution in [3.63, 3.8) is 0 Å². The van der Waals surface area contributed by atoms with Gasteiger partial charge in [0.2, 0.25) is 0 Å². The van der Waals surface area contributed by atoms with Gasteiger partial charge in [-0.05, 0) is 30.2 Å². The molecule has 0 radical (unpaired) electrons. The van der Waals surface area contributed by atoms with Crippen molar-refractivity contribution in [1.29, 1.82) is 0 Å². The highest BCUT2D eigenvalue weighted by Crippen LogP contribution is 2.13. The predicted molar refractivity (Wildman–Crippen MR) is 103 cm³/mol. The molecule has 0 aliphatic carbocycles. The maximum absolute atomic E-state index is 5.49. The number of morpholine rings is 1. The topological polar surface area (TPSA) is 48.9 Å². The molecule has 6 heteroatoms. The molecule has 0 saturated carbocycles. The maximum atomic E-state index is 5.49. The van der Waals surface area contributed by atoms with Gasteiger partial charge < -0.3 is 15.4 Å². The molecular weight excluding hydrogens is 320 g/mol. The largest absolute Gasteiger partial charge is 0.379 e. The number of rotatable bonds is 8. The van der Waals surface area contributed by atoms with Crippen molar-refractivity contribution in [3.05, 3.63) is 22.4 Å². The van der Waals surface area contributed by atoms with Crippen molar-refractivity contribution in [2.75, 3.05) is 46.4 Å². The van der Waals surface area contributed by atoms with Crippen LogP contribution in [0.5, 0.6) is 0 Å². The SMILES string of the molecule is CN=C(NCCc1cccs1)NCC(CC(C)C)N1CCOCC1. The zero-order chi connectivity index (χ0) is 17.2. The van der Waals surface area contributed by atoms with Gasteiger partial charge in [0.05, 0.1) is 13.2 Å². The zero-order valence-electron chi connectivity index (χ0n) is 15.3. The second kappa shape index (κ2) is 10.7. The highest BCUT2D eigenvalue weighted by molar-refractivity contribution is 7.09. The van der Waals surface area contributed by atoms with Crippen molar-refractivity contribution in [2.24, 2.45) is 10.9 Å². The first-order valence-electron chi connectivity index (χ1n) is 8.97. The molecule has 1 fully saturated rings. The smallest absolute Gasteiger partial charge is 0.191 e. The van der Waals surface area contributed by atoms with Crippen molar-refractivity contribution < 1.29 is 4.74 Å². The van der Waals surface area contributed by atoms with E-state index in [1.54, 1.807) is 0 Å². The third-order valence-electron chi connectivity index (χ3n) is 4.28. The monoisotopic (exact) mass is 352 g/mol. The van der Waals surface area contributed by atoms with Crippen LogP contribution in [0.1, 0.15) is 25.1 Å². The van der Waals surface area contributed by atoms with Gasteiger partial charge in [-0.2, -0.15) is 0 Å². The van der Waals surface area contributed by atoms with Crippen LogP contribution in [-0.4, -0.2) is 63.3 Å². The molecule has 0 spiro atoms. The Hall–Kier alpha value is -1.11. The van der Waals surface area contributed by atoms with E-state index >= 15 is 0 Å². The summed E-state index contributed by atoms with van der Waals surface area (Å²) in [7, 11) is 1.84. The van der Waals surface area contributed by atoms with Gasteiger partial charge in [-0.1, -0.05) is 19.9 Å². The number of thiophene rings is 1. The van der Waals surface area contributed by atoms with E-state index in [1.165, 1.54) is 11.3 Å². The molecule has 1 saturated heterocycles. The van der Waals surface area contributed by atoms with Gasteiger partial charge in [0, 0.05) is 44.1 Å². The molecule has 1 unspecified atom stereocenters. The Balaban J connectivity index is 1.77. The second-order valence-electron chi connectivity index (χ2n) is 6.64. The van der Waals surface area contributed by atoms with Gasteiger partial charge >= 0.3 is 0 Å². The van der Waals surface area contributed by atoms with Gasteiger partial charge in [-0.25, -0.2) is 0 Å². The van der Waals surface area contributed by atoms with Crippen LogP contribution in [0.15, 0.2) is 22.5 Å². The number of hydrogen-bond acceptors (Lipinski definition) is 4. The minimum Gasteiger partial charge on any atom is -0.379 e. The van der Waals surface area contributed by atoms with E-state index in [-0.39, 0.29) is 0 Å². The lowest BCUT2D eigenvalue weighted by molar-refractivity contribution is 0.0132. The fourth-order valence-corrected chi connectivity index (χ4v) is 3.75. The Morgan fingerprint density at radius 3 is 2.75 bits per heavy atom. The Morgan fingerprint density at radius 1 is 1.33 bits per heavy atom. The molecule has 0 aromatic carbocycles. The molecule has 1 aliphatic heterocycles. The summed E-state index contributed by atoms with van der Waals surface area (Å²) in [5, 5.41) is 9.06. The van der Waals surface area contributed by atoms with Crippen LogP contribution in [0.2, 0.25) is 0 Å². The van der Waals surface area contributed by atoms with Crippen LogP contribution in [0.25, 0.3) is 0 Å². The molecule has 0 bridgehead atoms. The van der Waals surface area contributed by atoms with Crippen LogP contribution >= 0.6 is 11.3 Å². The fraction of sp³-hybridized carbons (Fsp3) is 0.722. The Morgan fingerprint density at radius 2 is 2.12 bits per heavy atom. The number of ether oxygens (including phenoxy) is 1. The Bertz CT molecular complexity index is 469. The van der Waals surface area contributed by atoms with Crippen molar-refractivity contribution >= 4 is 17.3 Å². The number of guanidine groups is 1. The van der Waals surface area contributed by atoms with E-state index in [9.17, 15) is 0 Å². The van der Waals surface area contributed by atoms with Gasteiger partial charge in [0.25, 0.3) is 0 Å². The molecule has 1 atom stereocenters. The van der Waals surface area contributed by atoms with E-state index in [1.807, 2.05) is 18.4 Å². The van der Waals surface area contributed by atoms with Gasteiger partial charge in [-0.3, -0.25) is 9.89 Å². The molecular formula is C18H32N4OS. The van der Waals surface area contributed by atoms with Crippen LogP contribution in [0.4, 0.5) is 0 Å². The van der Waals surface area contributed by atoms with Crippen LogP contribution in [-0.2, 0) is 11.2 Å². The molecule has 2 N–H and O–H groups in total. The van der Waals surface area contributed by atoms with E-state index in [0.717, 1.165) is 51.8 Å². The van der Waals surface area contributed by atoms with Gasteiger partial charge in [0.15, 0.2) is 5.96 Å². The molecule has 0 amide bonds. The van der Waals surface area contributed by atoms with Crippen molar-refractivity contribution in [3.8, 4) is 0 Å².